The van der Waals surface area contributed by atoms with Gasteiger partial charge < -0.3 is 19.3 Å². The molecule has 1 aliphatic carbocycles. The number of aryl methyl sites for hydroxylation is 2. The summed E-state index contributed by atoms with van der Waals surface area (Å²) in [6.45, 7) is 12.4. The first-order valence-electron chi connectivity index (χ1n) is 13.4. The van der Waals surface area contributed by atoms with Gasteiger partial charge in [0.05, 0.1) is 17.8 Å². The van der Waals surface area contributed by atoms with E-state index in [0.29, 0.717) is 42.1 Å². The average molecular weight is 577 g/mol. The van der Waals surface area contributed by atoms with E-state index in [1.54, 1.807) is 7.11 Å². The minimum atomic E-state index is -0.0655. The second-order valence-corrected chi connectivity index (χ2v) is 11.6. The van der Waals surface area contributed by atoms with Crippen molar-refractivity contribution in [3.63, 3.8) is 0 Å². The summed E-state index contributed by atoms with van der Waals surface area (Å²) in [5, 5.41) is 0. The fraction of sp³-hybridized carbons (Fsp3) is 0.621. The Bertz CT molecular complexity index is 1040. The monoisotopic (exact) mass is 575 g/mol. The molecule has 1 saturated carbocycles. The summed E-state index contributed by atoms with van der Waals surface area (Å²) in [7, 11) is 1.65. The van der Waals surface area contributed by atoms with Crippen LogP contribution in [0.3, 0.4) is 0 Å². The van der Waals surface area contributed by atoms with Gasteiger partial charge in [0.2, 0.25) is 5.91 Å². The van der Waals surface area contributed by atoms with E-state index in [-0.39, 0.29) is 23.8 Å². The van der Waals surface area contributed by atoms with Crippen LogP contribution in [-0.2, 0) is 16.0 Å². The van der Waals surface area contributed by atoms with E-state index in [0.717, 1.165) is 61.1 Å². The summed E-state index contributed by atoms with van der Waals surface area (Å²) >= 11 is 3.43. The fourth-order valence-corrected chi connectivity index (χ4v) is 4.98. The Kier molecular flexibility index (Phi) is 10.6. The number of aliphatic imine (C=N–C) groups is 1. The van der Waals surface area contributed by atoms with Crippen molar-refractivity contribution < 1.29 is 19.1 Å². The predicted molar refractivity (Wildman–Crippen MR) is 152 cm³/mol. The number of allylic oxidation sites excluding steroid dienone is 1. The normalized spacial score (nSPS) is 17.8. The highest BCUT2D eigenvalue weighted by Gasteiger charge is 2.31. The molecule has 1 aliphatic heterocycles. The summed E-state index contributed by atoms with van der Waals surface area (Å²) in [5.41, 5.74) is 3.70. The first-order chi connectivity index (χ1) is 17.6. The van der Waals surface area contributed by atoms with E-state index in [1.807, 2.05) is 49.6 Å². The van der Waals surface area contributed by atoms with Gasteiger partial charge in [-0.15, -0.1) is 0 Å². The lowest BCUT2D eigenvalue weighted by Gasteiger charge is -2.31. The third-order valence-electron chi connectivity index (χ3n) is 7.18. The maximum Gasteiger partial charge on any atom is 0.272 e. The summed E-state index contributed by atoms with van der Waals surface area (Å²) in [6, 6.07) is 4.05. The van der Waals surface area contributed by atoms with Crippen LogP contribution in [-0.4, -0.2) is 65.6 Å². The number of hydrogen-bond donors (Lipinski definition) is 0. The maximum atomic E-state index is 13.6. The van der Waals surface area contributed by atoms with Crippen LogP contribution in [0.4, 0.5) is 0 Å². The number of rotatable bonds is 9. The van der Waals surface area contributed by atoms with Gasteiger partial charge in [0.15, 0.2) is 11.5 Å². The first kappa shape index (κ1) is 29.2. The minimum Gasteiger partial charge on any atom is -0.493 e. The van der Waals surface area contributed by atoms with Crippen LogP contribution in [0.1, 0.15) is 70.9 Å². The number of benzene rings is 1. The first-order valence-corrected chi connectivity index (χ1v) is 14.2. The van der Waals surface area contributed by atoms with Gasteiger partial charge in [-0.1, -0.05) is 6.42 Å². The molecule has 2 amide bonds. The lowest BCUT2D eigenvalue weighted by atomic mass is 9.84. The molecule has 1 aromatic carbocycles. The predicted octanol–water partition coefficient (Wildman–Crippen LogP) is 5.67. The highest BCUT2D eigenvalue weighted by Crippen LogP contribution is 2.33. The zero-order chi connectivity index (χ0) is 27.1. The third-order valence-corrected chi connectivity index (χ3v) is 7.35. The molecule has 0 spiro atoms. The van der Waals surface area contributed by atoms with Crippen molar-refractivity contribution in [2.24, 2.45) is 10.9 Å². The molecular formula is C29H42BrN3O4. The van der Waals surface area contributed by atoms with Crippen LogP contribution in [0, 0.1) is 12.8 Å². The highest BCUT2D eigenvalue weighted by molar-refractivity contribution is 9.18. The third kappa shape index (κ3) is 7.82. The lowest BCUT2D eigenvalue weighted by Crippen LogP contribution is -2.41. The molecule has 2 fully saturated rings. The number of carbonyl (C=O) groups is 2. The van der Waals surface area contributed by atoms with Gasteiger partial charge in [0, 0.05) is 32.1 Å². The summed E-state index contributed by atoms with van der Waals surface area (Å²) in [4.78, 5) is 34.8. The van der Waals surface area contributed by atoms with Crippen molar-refractivity contribution in [2.75, 3.05) is 33.3 Å². The average Bonchev–Trinajstić information content (AvgIpc) is 3.06. The van der Waals surface area contributed by atoms with Crippen molar-refractivity contribution in [1.82, 2.24) is 9.80 Å². The molecule has 7 nitrogen and oxygen atoms in total. The minimum absolute atomic E-state index is 0.0608. The molecule has 204 valence electrons. The number of ether oxygens (including phenoxy) is 2. The molecule has 1 aromatic rings. The Morgan fingerprint density at radius 2 is 1.73 bits per heavy atom. The van der Waals surface area contributed by atoms with Gasteiger partial charge in [-0.25, -0.2) is 4.99 Å². The van der Waals surface area contributed by atoms with Gasteiger partial charge in [0.1, 0.15) is 5.70 Å². The molecule has 0 unspecified atom stereocenters. The molecule has 3 rings (SSSR count). The molecule has 0 radical (unpaired) electrons. The Hall–Kier alpha value is -2.35. The largest absolute Gasteiger partial charge is 0.493 e. The second-order valence-electron chi connectivity index (χ2n) is 10.4. The maximum absolute atomic E-state index is 13.6. The summed E-state index contributed by atoms with van der Waals surface area (Å²) < 4.78 is 12.1. The molecular weight excluding hydrogens is 534 g/mol. The van der Waals surface area contributed by atoms with Crippen molar-refractivity contribution in [1.29, 1.82) is 0 Å². The molecule has 37 heavy (non-hydrogen) atoms. The summed E-state index contributed by atoms with van der Waals surface area (Å²) in [5.74, 6) is 1.84. The van der Waals surface area contributed by atoms with E-state index >= 15 is 0 Å². The zero-order valence-corrected chi connectivity index (χ0v) is 24.8. The van der Waals surface area contributed by atoms with Crippen molar-refractivity contribution >= 4 is 32.4 Å². The number of hydrogen-bond acceptors (Lipinski definition) is 5. The quantitative estimate of drug-likeness (QED) is 0.281. The van der Waals surface area contributed by atoms with Crippen LogP contribution in [0.25, 0.3) is 0 Å². The van der Waals surface area contributed by atoms with Gasteiger partial charge >= 0.3 is 0 Å². The zero-order valence-electron chi connectivity index (χ0n) is 23.2. The van der Waals surface area contributed by atoms with Crippen LogP contribution in [0.15, 0.2) is 28.4 Å². The van der Waals surface area contributed by atoms with Gasteiger partial charge in [-0.2, -0.15) is 0 Å². The topological polar surface area (TPSA) is 71.4 Å². The van der Waals surface area contributed by atoms with Gasteiger partial charge in [0.25, 0.3) is 5.91 Å². The number of halogens is 1. The Balaban J connectivity index is 1.74. The highest BCUT2D eigenvalue weighted by atomic mass is 79.9. The number of nitrogens with zero attached hydrogens (tertiary/aromatic N) is 3. The van der Waals surface area contributed by atoms with Crippen molar-refractivity contribution in [3.8, 4) is 11.5 Å². The second kappa shape index (κ2) is 13.4. The van der Waals surface area contributed by atoms with E-state index in [1.165, 1.54) is 0 Å². The molecule has 0 bridgehead atoms. The molecule has 1 heterocycles. The molecule has 2 aliphatic rings. The molecule has 0 N–H and O–H groups in total. The van der Waals surface area contributed by atoms with Crippen molar-refractivity contribution in [3.05, 3.63) is 34.5 Å². The standard InChI is InChI=1S/C29H42BrN3O4/c1-19(2)37-26-17-21(4)24(18-25(26)36-6)12-11-20(3)27(31-22(5)30)29(35)33-14-8-13-32(15-16-33)28(34)23-9-7-10-23/h17-19,23H,7-16H2,1-6H3/b27-20+,31-22?. The van der Waals surface area contributed by atoms with E-state index in [9.17, 15) is 9.59 Å². The smallest absolute Gasteiger partial charge is 0.272 e. The molecule has 0 atom stereocenters. The lowest BCUT2D eigenvalue weighted by molar-refractivity contribution is -0.138. The number of carbonyl (C=O) groups excluding carboxylic acids is 2. The van der Waals surface area contributed by atoms with E-state index in [4.69, 9.17) is 9.47 Å². The SMILES string of the molecule is COc1cc(CC/C(C)=C(/N=C(C)Br)C(=O)N2CCCN(C(=O)C3CCC3)CC2)c(C)cc1OC(C)C. The van der Waals surface area contributed by atoms with Crippen molar-refractivity contribution in [2.45, 2.75) is 79.2 Å². The Morgan fingerprint density at radius 1 is 1.05 bits per heavy atom. The summed E-state index contributed by atoms with van der Waals surface area (Å²) in [6.07, 6.45) is 5.45. The van der Waals surface area contributed by atoms with Crippen LogP contribution >= 0.6 is 15.9 Å². The van der Waals surface area contributed by atoms with Crippen LogP contribution in [0.2, 0.25) is 0 Å². The van der Waals surface area contributed by atoms with Gasteiger partial charge in [-0.05, 0) is 111 Å². The number of amides is 2. The van der Waals surface area contributed by atoms with E-state index in [2.05, 4.69) is 27.8 Å². The Labute approximate surface area is 230 Å². The molecule has 8 heteroatoms. The fourth-order valence-electron chi connectivity index (χ4n) is 4.80. The van der Waals surface area contributed by atoms with Crippen LogP contribution in [0.5, 0.6) is 11.5 Å². The molecule has 0 aromatic heterocycles. The number of methoxy groups -OCH3 is 1. The van der Waals surface area contributed by atoms with E-state index < -0.39 is 0 Å². The Morgan fingerprint density at radius 3 is 2.32 bits per heavy atom. The molecule has 1 saturated heterocycles. The van der Waals surface area contributed by atoms with Gasteiger partial charge in [-0.3, -0.25) is 9.59 Å². The van der Waals surface area contributed by atoms with Crippen LogP contribution < -0.4 is 9.47 Å².